The van der Waals surface area contributed by atoms with Crippen molar-refractivity contribution < 1.29 is 0 Å². The van der Waals surface area contributed by atoms with Gasteiger partial charge in [0, 0.05) is 37.5 Å². The lowest BCUT2D eigenvalue weighted by molar-refractivity contribution is 1.04. The standard InChI is InChI=1S/C10H5IN2S2/c1-2-8-10-7(3-4-15-11)6-14-9(10)5-12-13-8/h2,5-6H,1H2. The summed E-state index contributed by atoms with van der Waals surface area (Å²) in [5.74, 6) is 3.09. The van der Waals surface area contributed by atoms with Gasteiger partial charge in [0.25, 0.3) is 0 Å². The van der Waals surface area contributed by atoms with Gasteiger partial charge in [0.05, 0.1) is 16.6 Å². The van der Waals surface area contributed by atoms with Gasteiger partial charge in [-0.3, -0.25) is 0 Å². The quantitative estimate of drug-likeness (QED) is 0.582. The zero-order valence-corrected chi connectivity index (χ0v) is 11.3. The van der Waals surface area contributed by atoms with Crippen molar-refractivity contribution in [2.45, 2.75) is 0 Å². The lowest BCUT2D eigenvalue weighted by atomic mass is 10.2. The van der Waals surface area contributed by atoms with E-state index in [4.69, 9.17) is 0 Å². The molecular weight excluding hydrogens is 339 g/mol. The molecule has 2 nitrogen and oxygen atoms in total. The number of hydrogen-bond donors (Lipinski definition) is 0. The Morgan fingerprint density at radius 1 is 1.60 bits per heavy atom. The predicted molar refractivity (Wildman–Crippen MR) is 76.0 cm³/mol. The van der Waals surface area contributed by atoms with Crippen LogP contribution >= 0.6 is 41.5 Å². The van der Waals surface area contributed by atoms with E-state index < -0.39 is 0 Å². The molecule has 2 rings (SSSR count). The van der Waals surface area contributed by atoms with Crippen molar-refractivity contribution >= 4 is 57.6 Å². The fourth-order valence-corrected chi connectivity index (χ4v) is 2.58. The van der Waals surface area contributed by atoms with Gasteiger partial charge < -0.3 is 0 Å². The summed E-state index contributed by atoms with van der Waals surface area (Å²) in [6.45, 7) is 3.73. The second-order valence-electron chi connectivity index (χ2n) is 2.63. The average molecular weight is 344 g/mol. The third-order valence-corrected chi connectivity index (χ3v) is 3.59. The molecule has 74 valence electrons. The highest BCUT2D eigenvalue weighted by atomic mass is 127. The molecule has 0 atom stereocenters. The van der Waals surface area contributed by atoms with Gasteiger partial charge in [-0.2, -0.15) is 10.2 Å². The third kappa shape index (κ3) is 2.17. The van der Waals surface area contributed by atoms with Crippen LogP contribution in [0, 0.1) is 11.2 Å². The first kappa shape index (κ1) is 10.9. The molecule has 5 heteroatoms. The number of rotatable bonds is 1. The highest BCUT2D eigenvalue weighted by molar-refractivity contribution is 14.2. The van der Waals surface area contributed by atoms with E-state index in [0.717, 1.165) is 21.3 Å². The number of fused-ring (bicyclic) bond motifs is 1. The van der Waals surface area contributed by atoms with Crippen LogP contribution in [-0.2, 0) is 0 Å². The van der Waals surface area contributed by atoms with E-state index in [-0.39, 0.29) is 0 Å². The summed E-state index contributed by atoms with van der Waals surface area (Å²) < 4.78 is 1.10. The first-order valence-electron chi connectivity index (χ1n) is 4.00. The summed E-state index contributed by atoms with van der Waals surface area (Å²) in [5, 5.41) is 14.0. The van der Waals surface area contributed by atoms with Gasteiger partial charge in [0.15, 0.2) is 0 Å². The first-order valence-corrected chi connectivity index (χ1v) is 8.24. The van der Waals surface area contributed by atoms with Gasteiger partial charge in [-0.15, -0.1) is 11.3 Å². The van der Waals surface area contributed by atoms with Gasteiger partial charge in [-0.25, -0.2) is 0 Å². The summed E-state index contributed by atoms with van der Waals surface area (Å²) in [5.41, 5.74) is 1.81. The van der Waals surface area contributed by atoms with Crippen LogP contribution in [0.2, 0.25) is 0 Å². The Morgan fingerprint density at radius 2 is 2.47 bits per heavy atom. The van der Waals surface area contributed by atoms with Gasteiger partial charge >= 0.3 is 0 Å². The van der Waals surface area contributed by atoms with Crippen molar-refractivity contribution in [3.05, 3.63) is 29.4 Å². The van der Waals surface area contributed by atoms with E-state index in [0.29, 0.717) is 0 Å². The minimum atomic E-state index is 0.802. The van der Waals surface area contributed by atoms with Crippen molar-refractivity contribution in [2.75, 3.05) is 0 Å². The van der Waals surface area contributed by atoms with Gasteiger partial charge in [-0.1, -0.05) is 12.5 Å². The smallest absolute Gasteiger partial charge is 0.0950 e. The highest BCUT2D eigenvalue weighted by Crippen LogP contribution is 2.27. The SMILES string of the molecule is C=Cc1nncc2scc(C#CSI)c12. The summed E-state index contributed by atoms with van der Waals surface area (Å²) in [4.78, 5) is 0. The van der Waals surface area contributed by atoms with Crippen LogP contribution in [0.4, 0.5) is 0 Å². The second kappa shape index (κ2) is 4.96. The van der Waals surface area contributed by atoms with E-state index in [1.54, 1.807) is 23.6 Å². The van der Waals surface area contributed by atoms with Crippen molar-refractivity contribution in [1.29, 1.82) is 0 Å². The predicted octanol–water partition coefficient (Wildman–Crippen LogP) is 3.73. The highest BCUT2D eigenvalue weighted by Gasteiger charge is 2.06. The number of thiophene rings is 1. The van der Waals surface area contributed by atoms with Crippen LogP contribution in [0.15, 0.2) is 18.2 Å². The molecule has 0 N–H and O–H groups in total. The molecule has 0 aromatic carbocycles. The summed E-state index contributed by atoms with van der Waals surface area (Å²) in [6.07, 6.45) is 3.47. The second-order valence-corrected chi connectivity index (χ2v) is 5.22. The summed E-state index contributed by atoms with van der Waals surface area (Å²) in [7, 11) is 1.47. The van der Waals surface area contributed by atoms with Crippen molar-refractivity contribution in [2.24, 2.45) is 0 Å². The molecule has 0 spiro atoms. The number of nitrogens with zero attached hydrogens (tertiary/aromatic N) is 2. The molecule has 0 aliphatic heterocycles. The molecule has 2 aromatic heterocycles. The van der Waals surface area contributed by atoms with Crippen LogP contribution in [-0.4, -0.2) is 10.2 Å². The normalized spacial score (nSPS) is 9.67. The number of halogens is 1. The average Bonchev–Trinajstić information content (AvgIpc) is 2.69. The molecular formula is C10H5IN2S2. The van der Waals surface area contributed by atoms with Crippen molar-refractivity contribution in [3.8, 4) is 11.2 Å². The maximum absolute atomic E-state index is 4.03. The Balaban J connectivity index is 2.71. The van der Waals surface area contributed by atoms with E-state index >= 15 is 0 Å². The van der Waals surface area contributed by atoms with Crippen LogP contribution in [0.3, 0.4) is 0 Å². The molecule has 0 aliphatic rings. The number of aromatic nitrogens is 2. The molecule has 0 unspecified atom stereocenters. The first-order chi connectivity index (χ1) is 7.36. The minimum absolute atomic E-state index is 0.802. The Kier molecular flexibility index (Phi) is 3.61. The minimum Gasteiger partial charge on any atom is -0.157 e. The van der Waals surface area contributed by atoms with E-state index in [9.17, 15) is 0 Å². The monoisotopic (exact) mass is 344 g/mol. The molecule has 2 heterocycles. The summed E-state index contributed by atoms with van der Waals surface area (Å²) >= 11 is 3.78. The molecule has 0 aliphatic carbocycles. The van der Waals surface area contributed by atoms with Gasteiger partial charge in [-0.05, 0) is 20.3 Å². The number of hydrogen-bond acceptors (Lipinski definition) is 4. The topological polar surface area (TPSA) is 25.8 Å². The molecule has 2 aromatic rings. The Morgan fingerprint density at radius 3 is 3.20 bits per heavy atom. The van der Waals surface area contributed by atoms with Crippen molar-refractivity contribution in [1.82, 2.24) is 10.2 Å². The van der Waals surface area contributed by atoms with Crippen LogP contribution in [0.1, 0.15) is 11.3 Å². The lowest BCUT2D eigenvalue weighted by Crippen LogP contribution is -1.86. The Bertz CT molecular complexity index is 566. The van der Waals surface area contributed by atoms with Gasteiger partial charge in [0.2, 0.25) is 0 Å². The molecule has 0 fully saturated rings. The zero-order chi connectivity index (χ0) is 10.7. The maximum atomic E-state index is 4.03. The molecule has 0 radical (unpaired) electrons. The fraction of sp³-hybridized carbons (Fsp3) is 0. The largest absolute Gasteiger partial charge is 0.157 e. The van der Waals surface area contributed by atoms with Crippen LogP contribution < -0.4 is 0 Å². The fourth-order valence-electron chi connectivity index (χ4n) is 1.23. The van der Waals surface area contributed by atoms with Gasteiger partial charge in [0.1, 0.15) is 0 Å². The molecule has 15 heavy (non-hydrogen) atoms. The molecule has 0 bridgehead atoms. The van der Waals surface area contributed by atoms with E-state index in [1.165, 1.54) is 8.93 Å². The molecule has 0 saturated heterocycles. The lowest BCUT2D eigenvalue weighted by Gasteiger charge is -1.94. The van der Waals surface area contributed by atoms with Crippen LogP contribution in [0.25, 0.3) is 16.2 Å². The van der Waals surface area contributed by atoms with Crippen LogP contribution in [0.5, 0.6) is 0 Å². The van der Waals surface area contributed by atoms with E-state index in [2.05, 4.69) is 49.2 Å². The molecule has 0 amide bonds. The molecule has 0 saturated carbocycles. The van der Waals surface area contributed by atoms with E-state index in [1.807, 2.05) is 5.38 Å². The zero-order valence-electron chi connectivity index (χ0n) is 7.53. The Labute approximate surface area is 108 Å². The Hall–Kier alpha value is -0.580. The third-order valence-electron chi connectivity index (χ3n) is 1.83. The van der Waals surface area contributed by atoms with Crippen molar-refractivity contribution in [3.63, 3.8) is 0 Å². The maximum Gasteiger partial charge on any atom is 0.0950 e. The summed E-state index contributed by atoms with van der Waals surface area (Å²) in [6, 6.07) is 0.